The summed E-state index contributed by atoms with van der Waals surface area (Å²) >= 11 is 0. The van der Waals surface area contributed by atoms with Gasteiger partial charge in [0.2, 0.25) is 0 Å². The number of carbonyl (C=O) groups is 1. The Morgan fingerprint density at radius 1 is 1.23 bits per heavy atom. The van der Waals surface area contributed by atoms with Gasteiger partial charge in [0.25, 0.3) is 0 Å². The fourth-order valence-corrected chi connectivity index (χ4v) is 7.35. The molecule has 0 bridgehead atoms. The second-order valence-corrected chi connectivity index (χ2v) is 14.8. The summed E-state index contributed by atoms with van der Waals surface area (Å²) < 4.78 is 7.23. The standard InChI is InChI=1S/C25H41NO2S.C2H6/c1-9-29(8,24(5,6)7)28-21-15-25(12-10-11-13-25)14-20-22(21)18(4)19(16-27)23(26-20)17(2)3;1-2/h16-17,21H,9-15H2,1-8H3;1-2H3/t21-;/m0./s1. The molecule has 1 heterocycles. The number of hydrogen-bond acceptors (Lipinski definition) is 3. The van der Waals surface area contributed by atoms with Crippen molar-refractivity contribution < 1.29 is 8.98 Å². The van der Waals surface area contributed by atoms with Gasteiger partial charge in [-0.2, -0.15) is 0 Å². The Labute approximate surface area is 193 Å². The van der Waals surface area contributed by atoms with Crippen LogP contribution >= 0.6 is 10.3 Å². The maximum Gasteiger partial charge on any atom is 0.152 e. The lowest BCUT2D eigenvalue weighted by atomic mass is 9.69. The van der Waals surface area contributed by atoms with Crippen molar-refractivity contribution in [3.63, 3.8) is 0 Å². The molecule has 4 heteroatoms. The van der Waals surface area contributed by atoms with Crippen molar-refractivity contribution >= 4 is 16.6 Å². The quantitative estimate of drug-likeness (QED) is 0.426. The van der Waals surface area contributed by atoms with Crippen molar-refractivity contribution in [2.24, 2.45) is 5.41 Å². The van der Waals surface area contributed by atoms with Crippen LogP contribution in [0.1, 0.15) is 132 Å². The molecular formula is C27H47NO2S. The predicted molar refractivity (Wildman–Crippen MR) is 137 cm³/mol. The molecule has 31 heavy (non-hydrogen) atoms. The molecule has 2 aliphatic carbocycles. The Kier molecular flexibility index (Phi) is 8.47. The number of hydrogen-bond donors (Lipinski definition) is 0. The van der Waals surface area contributed by atoms with E-state index in [0.717, 1.165) is 41.7 Å². The monoisotopic (exact) mass is 449 g/mol. The predicted octanol–water partition coefficient (Wildman–Crippen LogP) is 8.08. The lowest BCUT2D eigenvalue weighted by Crippen LogP contribution is -2.35. The second-order valence-electron chi connectivity index (χ2n) is 10.7. The average molecular weight is 450 g/mol. The van der Waals surface area contributed by atoms with Crippen LogP contribution in [0.5, 0.6) is 0 Å². The molecule has 0 amide bonds. The maximum absolute atomic E-state index is 12.0. The highest BCUT2D eigenvalue weighted by molar-refractivity contribution is 8.30. The lowest BCUT2D eigenvalue weighted by molar-refractivity contribution is 0.109. The number of aldehydes is 1. The van der Waals surface area contributed by atoms with E-state index in [1.165, 1.54) is 36.9 Å². The summed E-state index contributed by atoms with van der Waals surface area (Å²) in [5.74, 6) is 1.30. The third-order valence-electron chi connectivity index (χ3n) is 7.64. The summed E-state index contributed by atoms with van der Waals surface area (Å²) in [5, 5.41) is 0. The molecule has 2 aliphatic rings. The van der Waals surface area contributed by atoms with E-state index in [4.69, 9.17) is 9.17 Å². The van der Waals surface area contributed by atoms with Gasteiger partial charge in [0.1, 0.15) is 0 Å². The average Bonchev–Trinajstić information content (AvgIpc) is 3.15. The lowest BCUT2D eigenvalue weighted by Gasteiger charge is -2.51. The van der Waals surface area contributed by atoms with Gasteiger partial charge in [0.15, 0.2) is 6.29 Å². The zero-order valence-electron chi connectivity index (χ0n) is 21.9. The molecular weight excluding hydrogens is 402 g/mol. The Balaban J connectivity index is 0.00000166. The minimum absolute atomic E-state index is 0.0587. The van der Waals surface area contributed by atoms with Gasteiger partial charge in [-0.25, -0.2) is 0 Å². The summed E-state index contributed by atoms with van der Waals surface area (Å²) in [6.45, 7) is 19.6. The van der Waals surface area contributed by atoms with E-state index in [2.05, 4.69) is 54.7 Å². The minimum atomic E-state index is -1.26. The van der Waals surface area contributed by atoms with Gasteiger partial charge in [-0.1, -0.05) is 68.2 Å². The number of rotatable bonds is 5. The summed E-state index contributed by atoms with van der Waals surface area (Å²) in [5.41, 5.74) is 5.63. The van der Waals surface area contributed by atoms with E-state index in [0.29, 0.717) is 5.41 Å². The molecule has 2 atom stereocenters. The number of fused-ring (bicyclic) bond motifs is 1. The van der Waals surface area contributed by atoms with Gasteiger partial charge in [-0.05, 0) is 61.5 Å². The van der Waals surface area contributed by atoms with Crippen molar-refractivity contribution in [1.82, 2.24) is 4.98 Å². The van der Waals surface area contributed by atoms with E-state index >= 15 is 0 Å². The van der Waals surface area contributed by atoms with Crippen LogP contribution in [0.3, 0.4) is 0 Å². The summed E-state index contributed by atoms with van der Waals surface area (Å²) in [4.78, 5) is 17.1. The van der Waals surface area contributed by atoms with E-state index in [1.54, 1.807) is 0 Å². The summed E-state index contributed by atoms with van der Waals surface area (Å²) in [7, 11) is -1.26. The first kappa shape index (κ1) is 26.4. The molecule has 3 nitrogen and oxygen atoms in total. The van der Waals surface area contributed by atoms with Crippen LogP contribution in [0.4, 0.5) is 0 Å². The van der Waals surface area contributed by atoms with E-state index < -0.39 is 10.3 Å². The first-order chi connectivity index (χ1) is 14.5. The van der Waals surface area contributed by atoms with Crippen LogP contribution in [0.2, 0.25) is 0 Å². The molecule has 3 rings (SSSR count). The molecule has 1 fully saturated rings. The van der Waals surface area contributed by atoms with Crippen LogP contribution in [0.15, 0.2) is 0 Å². The molecule has 0 aliphatic heterocycles. The third-order valence-corrected chi connectivity index (χ3v) is 12.0. The van der Waals surface area contributed by atoms with Crippen LogP contribution in [-0.4, -0.2) is 28.0 Å². The Morgan fingerprint density at radius 3 is 2.26 bits per heavy atom. The smallest absolute Gasteiger partial charge is 0.152 e. The number of carbonyl (C=O) groups excluding carboxylic acids is 1. The zero-order valence-corrected chi connectivity index (χ0v) is 22.7. The molecule has 178 valence electrons. The second kappa shape index (κ2) is 9.95. The molecule has 1 spiro atoms. The molecule has 1 aromatic rings. The summed E-state index contributed by atoms with van der Waals surface area (Å²) in [6.07, 6.45) is 10.8. The largest absolute Gasteiger partial charge is 0.328 e. The molecule has 0 radical (unpaired) electrons. The number of pyridine rings is 1. The highest BCUT2D eigenvalue weighted by Crippen LogP contribution is 2.63. The van der Waals surface area contributed by atoms with Gasteiger partial charge in [0.05, 0.1) is 11.8 Å². The third kappa shape index (κ3) is 5.05. The van der Waals surface area contributed by atoms with Crippen molar-refractivity contribution in [3.8, 4) is 0 Å². The molecule has 1 aromatic heterocycles. The SMILES string of the molecule is CC.CCS(C)(O[C@H]1CC2(CCCC2)Cc2nc(C(C)C)c(C=O)c(C)c21)C(C)(C)C. The highest BCUT2D eigenvalue weighted by atomic mass is 32.3. The van der Waals surface area contributed by atoms with Crippen molar-refractivity contribution in [2.75, 3.05) is 12.0 Å². The van der Waals surface area contributed by atoms with Crippen molar-refractivity contribution in [3.05, 3.63) is 28.1 Å². The fraction of sp³-hybridized carbons (Fsp3) is 0.778. The van der Waals surface area contributed by atoms with Crippen LogP contribution < -0.4 is 0 Å². The molecule has 1 unspecified atom stereocenters. The molecule has 0 N–H and O–H groups in total. The first-order valence-electron chi connectivity index (χ1n) is 12.4. The minimum Gasteiger partial charge on any atom is -0.328 e. The van der Waals surface area contributed by atoms with Crippen molar-refractivity contribution in [1.29, 1.82) is 0 Å². The van der Waals surface area contributed by atoms with Crippen LogP contribution in [-0.2, 0) is 10.6 Å². The fourth-order valence-electron chi connectivity index (χ4n) is 5.38. The molecule has 0 aromatic carbocycles. The van der Waals surface area contributed by atoms with Crippen LogP contribution in [0.25, 0.3) is 0 Å². The highest BCUT2D eigenvalue weighted by Gasteiger charge is 2.46. The molecule has 0 saturated heterocycles. The number of aromatic nitrogens is 1. The van der Waals surface area contributed by atoms with E-state index in [1.807, 2.05) is 13.8 Å². The maximum atomic E-state index is 12.0. The van der Waals surface area contributed by atoms with Gasteiger partial charge >= 0.3 is 0 Å². The number of nitrogens with zero attached hydrogens (tertiary/aromatic N) is 1. The molecule has 1 saturated carbocycles. The van der Waals surface area contributed by atoms with E-state index in [-0.39, 0.29) is 16.8 Å². The van der Waals surface area contributed by atoms with Crippen LogP contribution in [0, 0.1) is 12.3 Å². The van der Waals surface area contributed by atoms with Gasteiger partial charge < -0.3 is 4.18 Å². The summed E-state index contributed by atoms with van der Waals surface area (Å²) in [6, 6.07) is 0. The van der Waals surface area contributed by atoms with Crippen molar-refractivity contribution in [2.45, 2.75) is 118 Å². The topological polar surface area (TPSA) is 39.2 Å². The van der Waals surface area contributed by atoms with E-state index in [9.17, 15) is 4.79 Å². The Hall–Kier alpha value is -0.870. The Bertz CT molecular complexity index is 774. The Morgan fingerprint density at radius 2 is 1.81 bits per heavy atom. The first-order valence-corrected chi connectivity index (χ1v) is 14.5. The van der Waals surface area contributed by atoms with Gasteiger partial charge in [0, 0.05) is 21.6 Å². The van der Waals surface area contributed by atoms with Gasteiger partial charge in [-0.15, -0.1) is 10.3 Å². The van der Waals surface area contributed by atoms with Gasteiger partial charge in [-0.3, -0.25) is 9.78 Å². The zero-order chi connectivity index (χ0) is 23.6. The normalized spacial score (nSPS) is 23.0.